The maximum atomic E-state index is 3.77. The number of benzene rings is 1. The van der Waals surface area contributed by atoms with Crippen molar-refractivity contribution in [2.45, 2.75) is 38.0 Å². The third kappa shape index (κ3) is 2.42. The first kappa shape index (κ1) is 11.4. The maximum Gasteiger partial charge on any atom is 0.0153 e. The van der Waals surface area contributed by atoms with Crippen molar-refractivity contribution in [3.8, 4) is 0 Å². The highest BCUT2D eigenvalue weighted by Crippen LogP contribution is 2.31. The zero-order chi connectivity index (χ0) is 10.6. The molecule has 0 aliphatic carbocycles. The summed E-state index contributed by atoms with van der Waals surface area (Å²) in [7, 11) is 0. The van der Waals surface area contributed by atoms with Gasteiger partial charge in [-0.2, -0.15) is 0 Å². The molecule has 14 heavy (non-hydrogen) atoms. The molecule has 76 valence electrons. The van der Waals surface area contributed by atoms with Gasteiger partial charge < -0.3 is 0 Å². The minimum atomic E-state index is 0.591. The van der Waals surface area contributed by atoms with E-state index in [1.54, 1.807) is 11.8 Å². The van der Waals surface area contributed by atoms with Crippen LogP contribution in [0.4, 0.5) is 0 Å². The summed E-state index contributed by atoms with van der Waals surface area (Å²) in [5, 5.41) is 1.90. The van der Waals surface area contributed by atoms with Crippen LogP contribution in [0.5, 0.6) is 0 Å². The minimum absolute atomic E-state index is 0.591. The molecule has 0 spiro atoms. The van der Waals surface area contributed by atoms with Gasteiger partial charge in [0.15, 0.2) is 0 Å². The Morgan fingerprint density at radius 3 is 2.64 bits per heavy atom. The maximum absolute atomic E-state index is 3.77. The van der Waals surface area contributed by atoms with Gasteiger partial charge in [0, 0.05) is 4.90 Å². The van der Waals surface area contributed by atoms with Crippen molar-refractivity contribution < 1.29 is 0 Å². The van der Waals surface area contributed by atoms with Crippen molar-refractivity contribution >= 4 is 11.8 Å². The van der Waals surface area contributed by atoms with E-state index in [1.165, 1.54) is 16.0 Å². The molecule has 0 saturated heterocycles. The van der Waals surface area contributed by atoms with Crippen molar-refractivity contribution in [3.63, 3.8) is 0 Å². The van der Waals surface area contributed by atoms with Gasteiger partial charge in [0.05, 0.1) is 0 Å². The van der Waals surface area contributed by atoms with Gasteiger partial charge in [0.2, 0.25) is 0 Å². The smallest absolute Gasteiger partial charge is 0.0153 e. The fourth-order valence-corrected chi connectivity index (χ4v) is 2.58. The van der Waals surface area contributed by atoms with Crippen LogP contribution in [0.25, 0.3) is 0 Å². The zero-order valence-electron chi connectivity index (χ0n) is 9.21. The van der Waals surface area contributed by atoms with Gasteiger partial charge in [0.1, 0.15) is 0 Å². The summed E-state index contributed by atoms with van der Waals surface area (Å²) >= 11 is 1.72. The third-order valence-corrected chi connectivity index (χ3v) is 3.10. The topological polar surface area (TPSA) is 0 Å². The minimum Gasteiger partial charge on any atom is -0.0984 e. The van der Waals surface area contributed by atoms with Crippen molar-refractivity contribution in [2.75, 3.05) is 0 Å². The van der Waals surface area contributed by atoms with E-state index < -0.39 is 0 Å². The predicted molar refractivity (Wildman–Crippen MR) is 66.0 cm³/mol. The lowest BCUT2D eigenvalue weighted by atomic mass is 9.96. The largest absolute Gasteiger partial charge is 0.0984 e. The fraction of sp³-hybridized carbons (Fsp3) is 0.385. The molecule has 0 aliphatic heterocycles. The Morgan fingerprint density at radius 2 is 2.14 bits per heavy atom. The van der Waals surface area contributed by atoms with E-state index in [4.69, 9.17) is 0 Å². The highest BCUT2D eigenvalue weighted by atomic mass is 32.2. The molecule has 1 rings (SSSR count). The molecule has 0 unspecified atom stereocenters. The normalized spacial score (nSPS) is 10.6. The number of rotatable bonds is 4. The molecule has 0 saturated carbocycles. The standard InChI is InChI=1S/C13H18S/c1-5-11-8-7-9-12(14-6-2)13(11)10(3)4/h6-10H,2,5H2,1,3-4H3. The van der Waals surface area contributed by atoms with Crippen molar-refractivity contribution in [1.29, 1.82) is 0 Å². The Labute approximate surface area is 91.4 Å². The molecule has 1 aromatic carbocycles. The molecule has 0 nitrogen and oxygen atoms in total. The van der Waals surface area contributed by atoms with Crippen molar-refractivity contribution in [2.24, 2.45) is 0 Å². The summed E-state index contributed by atoms with van der Waals surface area (Å²) in [6.45, 7) is 10.5. The number of hydrogen-bond donors (Lipinski definition) is 0. The van der Waals surface area contributed by atoms with Crippen LogP contribution in [0.2, 0.25) is 0 Å². The van der Waals surface area contributed by atoms with E-state index in [9.17, 15) is 0 Å². The van der Waals surface area contributed by atoms with E-state index in [0.717, 1.165) is 6.42 Å². The molecule has 0 heterocycles. The monoisotopic (exact) mass is 206 g/mol. The molecule has 0 radical (unpaired) electrons. The second-order valence-electron chi connectivity index (χ2n) is 3.62. The van der Waals surface area contributed by atoms with Crippen LogP contribution < -0.4 is 0 Å². The lowest BCUT2D eigenvalue weighted by Gasteiger charge is -2.15. The van der Waals surface area contributed by atoms with Crippen LogP contribution in [0, 0.1) is 0 Å². The van der Waals surface area contributed by atoms with E-state index in [0.29, 0.717) is 5.92 Å². The molecular formula is C13H18S. The predicted octanol–water partition coefficient (Wildman–Crippen LogP) is 4.61. The molecule has 0 atom stereocenters. The van der Waals surface area contributed by atoms with Crippen LogP contribution in [-0.2, 0) is 6.42 Å². The first-order valence-corrected chi connectivity index (χ1v) is 5.98. The van der Waals surface area contributed by atoms with Crippen LogP contribution in [0.3, 0.4) is 0 Å². The SMILES string of the molecule is C=CSc1cccc(CC)c1C(C)C. The van der Waals surface area contributed by atoms with Crippen LogP contribution in [0.1, 0.15) is 37.8 Å². The Bertz CT molecular complexity index is 313. The molecular weight excluding hydrogens is 188 g/mol. The first-order chi connectivity index (χ1) is 6.70. The Morgan fingerprint density at radius 1 is 1.43 bits per heavy atom. The fourth-order valence-electron chi connectivity index (χ4n) is 1.75. The summed E-state index contributed by atoms with van der Waals surface area (Å²) in [6.07, 6.45) is 1.11. The molecule has 0 aliphatic rings. The third-order valence-electron chi connectivity index (χ3n) is 2.32. The van der Waals surface area contributed by atoms with Gasteiger partial charge in [-0.1, -0.05) is 51.2 Å². The van der Waals surface area contributed by atoms with Gasteiger partial charge >= 0.3 is 0 Å². The average Bonchev–Trinajstić information content (AvgIpc) is 2.17. The second kappa shape index (κ2) is 5.26. The molecule has 0 N–H and O–H groups in total. The highest BCUT2D eigenvalue weighted by molar-refractivity contribution is 8.02. The Kier molecular flexibility index (Phi) is 4.27. The summed E-state index contributed by atoms with van der Waals surface area (Å²) in [6, 6.07) is 6.54. The van der Waals surface area contributed by atoms with Gasteiger partial charge in [-0.05, 0) is 34.9 Å². The van der Waals surface area contributed by atoms with E-state index in [2.05, 4.69) is 45.5 Å². The highest BCUT2D eigenvalue weighted by Gasteiger charge is 2.09. The van der Waals surface area contributed by atoms with Crippen LogP contribution in [-0.4, -0.2) is 0 Å². The second-order valence-corrected chi connectivity index (χ2v) is 4.63. The van der Waals surface area contributed by atoms with Crippen molar-refractivity contribution in [1.82, 2.24) is 0 Å². The summed E-state index contributed by atoms with van der Waals surface area (Å²) in [4.78, 5) is 1.36. The molecule has 0 bridgehead atoms. The molecule has 0 aromatic heterocycles. The average molecular weight is 206 g/mol. The van der Waals surface area contributed by atoms with Gasteiger partial charge in [-0.3, -0.25) is 0 Å². The van der Waals surface area contributed by atoms with Gasteiger partial charge in [0.25, 0.3) is 0 Å². The summed E-state index contributed by atoms with van der Waals surface area (Å²) < 4.78 is 0. The number of aryl methyl sites for hydroxylation is 1. The van der Waals surface area contributed by atoms with Gasteiger partial charge in [-0.15, -0.1) is 0 Å². The first-order valence-electron chi connectivity index (χ1n) is 5.10. The number of hydrogen-bond acceptors (Lipinski definition) is 1. The van der Waals surface area contributed by atoms with Crippen molar-refractivity contribution in [3.05, 3.63) is 41.3 Å². The quantitative estimate of drug-likeness (QED) is 0.648. The molecule has 0 fully saturated rings. The van der Waals surface area contributed by atoms with Crippen LogP contribution >= 0.6 is 11.8 Å². The summed E-state index contributed by atoms with van der Waals surface area (Å²) in [5.74, 6) is 0.591. The zero-order valence-corrected chi connectivity index (χ0v) is 10.0. The molecule has 1 aromatic rings. The van der Waals surface area contributed by atoms with E-state index in [1.807, 2.05) is 5.41 Å². The number of thioether (sulfide) groups is 1. The van der Waals surface area contributed by atoms with Gasteiger partial charge in [-0.25, -0.2) is 0 Å². The van der Waals surface area contributed by atoms with E-state index >= 15 is 0 Å². The molecule has 0 amide bonds. The Hall–Kier alpha value is -0.690. The molecule has 1 heteroatoms. The van der Waals surface area contributed by atoms with Crippen LogP contribution in [0.15, 0.2) is 35.1 Å². The lowest BCUT2D eigenvalue weighted by molar-refractivity contribution is 0.820. The lowest BCUT2D eigenvalue weighted by Crippen LogP contribution is -1.97. The van der Waals surface area contributed by atoms with E-state index in [-0.39, 0.29) is 0 Å². The summed E-state index contributed by atoms with van der Waals surface area (Å²) in [5.41, 5.74) is 2.95. The Balaban J connectivity index is 3.20.